The lowest BCUT2D eigenvalue weighted by atomic mass is 10.1. The highest BCUT2D eigenvalue weighted by Gasteiger charge is 2.27. The number of hydrogen-bond donors (Lipinski definition) is 2. The first-order valence-electron chi connectivity index (χ1n) is 10.9. The summed E-state index contributed by atoms with van der Waals surface area (Å²) in [4.78, 5) is 49.3. The molecule has 0 spiro atoms. The number of hydrogen-bond acceptors (Lipinski definition) is 7. The summed E-state index contributed by atoms with van der Waals surface area (Å²) in [6.07, 6.45) is 0.636. The minimum atomic E-state index is -0.672. The van der Waals surface area contributed by atoms with Gasteiger partial charge >= 0.3 is 5.97 Å². The first-order valence-corrected chi connectivity index (χ1v) is 11.7. The molecule has 0 fully saturated rings. The summed E-state index contributed by atoms with van der Waals surface area (Å²) in [6.45, 7) is 5.35. The summed E-state index contributed by atoms with van der Waals surface area (Å²) >= 11 is 0.953. The Kier molecular flexibility index (Phi) is 8.32. The highest BCUT2D eigenvalue weighted by atomic mass is 32.1. The van der Waals surface area contributed by atoms with E-state index in [1.807, 2.05) is 30.3 Å². The number of nitro benzene ring substituents is 1. The lowest BCUT2D eigenvalue weighted by molar-refractivity contribution is -0.385. The van der Waals surface area contributed by atoms with Crippen molar-refractivity contribution in [1.82, 2.24) is 5.32 Å². The fourth-order valence-electron chi connectivity index (χ4n) is 3.44. The predicted molar refractivity (Wildman–Crippen MR) is 133 cm³/mol. The van der Waals surface area contributed by atoms with Crippen LogP contribution in [0.2, 0.25) is 0 Å². The molecule has 2 N–H and O–H groups in total. The zero-order valence-electron chi connectivity index (χ0n) is 19.5. The quantitative estimate of drug-likeness (QED) is 0.252. The normalized spacial score (nSPS) is 10.5. The first-order chi connectivity index (χ1) is 16.7. The number of benzene rings is 2. The Balaban J connectivity index is 1.85. The van der Waals surface area contributed by atoms with Gasteiger partial charge in [0.05, 0.1) is 22.0 Å². The molecule has 0 radical (unpaired) electrons. The molecule has 10 heteroatoms. The van der Waals surface area contributed by atoms with Gasteiger partial charge < -0.3 is 15.4 Å². The number of amides is 2. The maximum Gasteiger partial charge on any atom is 0.341 e. The van der Waals surface area contributed by atoms with Crippen molar-refractivity contribution in [3.05, 3.63) is 91.3 Å². The van der Waals surface area contributed by atoms with Gasteiger partial charge in [-0.2, -0.15) is 0 Å². The van der Waals surface area contributed by atoms with Crippen molar-refractivity contribution in [2.24, 2.45) is 0 Å². The van der Waals surface area contributed by atoms with Crippen molar-refractivity contribution in [3.8, 4) is 0 Å². The second-order valence-electron chi connectivity index (χ2n) is 7.68. The number of carbonyl (C=O) groups excluding carboxylic acids is 3. The molecule has 35 heavy (non-hydrogen) atoms. The fourth-order valence-corrected chi connectivity index (χ4v) is 4.54. The van der Waals surface area contributed by atoms with E-state index in [0.29, 0.717) is 24.1 Å². The summed E-state index contributed by atoms with van der Waals surface area (Å²) in [5.41, 5.74) is 1.82. The number of nitro groups is 1. The largest absolute Gasteiger partial charge is 0.462 e. The van der Waals surface area contributed by atoms with E-state index in [0.717, 1.165) is 16.9 Å². The number of anilines is 1. The van der Waals surface area contributed by atoms with Crippen molar-refractivity contribution in [1.29, 1.82) is 0 Å². The molecule has 0 atom stereocenters. The highest BCUT2D eigenvalue weighted by molar-refractivity contribution is 7.18. The highest BCUT2D eigenvalue weighted by Crippen LogP contribution is 2.34. The molecular formula is C25H25N3O6S. The Labute approximate surface area is 206 Å². The van der Waals surface area contributed by atoms with Crippen LogP contribution in [0.1, 0.15) is 54.0 Å². The molecule has 0 bridgehead atoms. The van der Waals surface area contributed by atoms with Crippen molar-refractivity contribution in [3.63, 3.8) is 0 Å². The molecule has 9 nitrogen and oxygen atoms in total. The van der Waals surface area contributed by atoms with Gasteiger partial charge in [-0.15, -0.1) is 11.3 Å². The Hall–Kier alpha value is -4.05. The van der Waals surface area contributed by atoms with Crippen LogP contribution in [-0.2, 0) is 11.2 Å². The van der Waals surface area contributed by atoms with Gasteiger partial charge in [0.1, 0.15) is 5.00 Å². The number of thiophene rings is 1. The maximum absolute atomic E-state index is 12.9. The van der Waals surface area contributed by atoms with E-state index in [-0.39, 0.29) is 39.2 Å². The maximum atomic E-state index is 12.9. The molecule has 1 aromatic heterocycles. The molecule has 2 aromatic carbocycles. The lowest BCUT2D eigenvalue weighted by Crippen LogP contribution is -2.25. The van der Waals surface area contributed by atoms with Crippen LogP contribution < -0.4 is 10.6 Å². The summed E-state index contributed by atoms with van der Waals surface area (Å²) in [6, 6.07) is 13.8. The summed E-state index contributed by atoms with van der Waals surface area (Å²) in [5, 5.41) is 16.9. The Bertz CT molecular complexity index is 1270. The molecule has 0 aliphatic carbocycles. The van der Waals surface area contributed by atoms with Crippen LogP contribution in [0.5, 0.6) is 0 Å². The zero-order chi connectivity index (χ0) is 25.5. The number of nitrogens with zero attached hydrogens (tertiary/aromatic N) is 1. The molecule has 1 heterocycles. The van der Waals surface area contributed by atoms with E-state index in [9.17, 15) is 24.5 Å². The average Bonchev–Trinajstić information content (AvgIpc) is 3.15. The lowest BCUT2D eigenvalue weighted by Gasteiger charge is -2.08. The average molecular weight is 496 g/mol. The number of ether oxygens (including phenoxy) is 1. The molecule has 0 saturated carbocycles. The van der Waals surface area contributed by atoms with E-state index in [4.69, 9.17) is 4.74 Å². The van der Waals surface area contributed by atoms with Crippen molar-refractivity contribution < 1.29 is 24.0 Å². The third-order valence-electron chi connectivity index (χ3n) is 5.27. The molecule has 2 amide bonds. The van der Waals surface area contributed by atoms with E-state index in [2.05, 4.69) is 10.6 Å². The fraction of sp³-hybridized carbons (Fsp3) is 0.240. The topological polar surface area (TPSA) is 128 Å². The van der Waals surface area contributed by atoms with Crippen LogP contribution >= 0.6 is 11.3 Å². The second-order valence-corrected chi connectivity index (χ2v) is 8.71. The van der Waals surface area contributed by atoms with E-state index >= 15 is 0 Å². The van der Waals surface area contributed by atoms with Gasteiger partial charge in [0.2, 0.25) is 0 Å². The van der Waals surface area contributed by atoms with E-state index < -0.39 is 16.8 Å². The van der Waals surface area contributed by atoms with Crippen LogP contribution in [0, 0.1) is 24.0 Å². The first kappa shape index (κ1) is 25.6. The molecular weight excluding hydrogens is 470 g/mol. The van der Waals surface area contributed by atoms with Crippen LogP contribution in [0.3, 0.4) is 0 Å². The molecule has 0 aliphatic rings. The summed E-state index contributed by atoms with van der Waals surface area (Å²) in [5.74, 6) is -1.69. The third-order valence-corrected chi connectivity index (χ3v) is 6.48. The van der Waals surface area contributed by atoms with Crippen molar-refractivity contribution in [2.45, 2.75) is 27.2 Å². The molecule has 0 aliphatic heterocycles. The smallest absolute Gasteiger partial charge is 0.341 e. The van der Waals surface area contributed by atoms with Crippen molar-refractivity contribution >= 4 is 39.8 Å². The SMILES string of the molecule is CCOC(=O)c1c(NC(=O)c2ccc(C)c([N+](=O)[O-])c2)sc(C(=O)NCCc2ccccc2)c1C. The summed E-state index contributed by atoms with van der Waals surface area (Å²) in [7, 11) is 0. The predicted octanol–water partition coefficient (Wildman–Crippen LogP) is 4.67. The van der Waals surface area contributed by atoms with Gasteiger partial charge in [0.15, 0.2) is 0 Å². The van der Waals surface area contributed by atoms with Gasteiger partial charge in [-0.3, -0.25) is 19.7 Å². The minimum Gasteiger partial charge on any atom is -0.462 e. The standard InChI is InChI=1S/C25H25N3O6S/c1-4-34-25(31)20-16(3)21(23(30)26-13-12-17-8-6-5-7-9-17)35-24(20)27-22(29)18-11-10-15(2)19(14-18)28(32)33/h5-11,14H,4,12-13H2,1-3H3,(H,26,30)(H,27,29). The van der Waals surface area contributed by atoms with Gasteiger partial charge in [0.25, 0.3) is 17.5 Å². The van der Waals surface area contributed by atoms with Crippen molar-refractivity contribution in [2.75, 3.05) is 18.5 Å². The monoisotopic (exact) mass is 495 g/mol. The van der Waals surface area contributed by atoms with Gasteiger partial charge in [-0.1, -0.05) is 36.4 Å². The molecule has 182 valence electrons. The Morgan fingerprint density at radius 2 is 1.77 bits per heavy atom. The van der Waals surface area contributed by atoms with Gasteiger partial charge in [0, 0.05) is 23.7 Å². The Morgan fingerprint density at radius 1 is 1.06 bits per heavy atom. The number of esters is 1. The molecule has 3 aromatic rings. The summed E-state index contributed by atoms with van der Waals surface area (Å²) < 4.78 is 5.13. The number of nitrogens with one attached hydrogen (secondary N) is 2. The number of rotatable bonds is 9. The van der Waals surface area contributed by atoms with Crippen LogP contribution in [0.15, 0.2) is 48.5 Å². The zero-order valence-corrected chi connectivity index (χ0v) is 20.4. The van der Waals surface area contributed by atoms with E-state index in [1.54, 1.807) is 20.8 Å². The van der Waals surface area contributed by atoms with Crippen LogP contribution in [-0.4, -0.2) is 35.9 Å². The van der Waals surface area contributed by atoms with Gasteiger partial charge in [-0.25, -0.2) is 4.79 Å². The van der Waals surface area contributed by atoms with E-state index in [1.165, 1.54) is 18.2 Å². The minimum absolute atomic E-state index is 0.0528. The van der Waals surface area contributed by atoms with Crippen LogP contribution in [0.4, 0.5) is 10.7 Å². The molecule has 3 rings (SSSR count). The number of carbonyl (C=O) groups is 3. The molecule has 0 unspecified atom stereocenters. The third kappa shape index (κ3) is 6.10. The van der Waals surface area contributed by atoms with Crippen LogP contribution in [0.25, 0.3) is 0 Å². The molecule has 0 saturated heterocycles. The second kappa shape index (κ2) is 11.4. The Morgan fingerprint density at radius 3 is 2.43 bits per heavy atom. The van der Waals surface area contributed by atoms with Gasteiger partial charge in [-0.05, 0) is 44.4 Å². The number of aryl methyl sites for hydroxylation is 1.